The van der Waals surface area contributed by atoms with Gasteiger partial charge in [-0.1, -0.05) is 13.8 Å². The van der Waals surface area contributed by atoms with Gasteiger partial charge < -0.3 is 9.64 Å². The Balaban J connectivity index is 3.11. The van der Waals surface area contributed by atoms with Gasteiger partial charge in [-0.2, -0.15) is 5.10 Å². The molecule has 0 fully saturated rings. The highest BCUT2D eigenvalue weighted by atomic mass is 79.9. The molecular weight excluding hydrogens is 322 g/mol. The third-order valence-corrected chi connectivity index (χ3v) is 4.30. The summed E-state index contributed by atoms with van der Waals surface area (Å²) in [6.07, 6.45) is 2.96. The summed E-state index contributed by atoms with van der Waals surface area (Å²) in [6.45, 7) is 5.44. The minimum Gasteiger partial charge on any atom is -0.370 e. The molecule has 0 amide bonds. The number of nitrogens with zero attached hydrogens (tertiary/aromatic N) is 3. The number of hydrogen-bond donors (Lipinski definition) is 0. The number of Topliss-reactive ketones (excluding diaryl/α,β-unsaturated/α-hetero) is 1. The Hall–Kier alpha value is -0.720. The molecule has 0 radical (unpaired) electrons. The fourth-order valence-corrected chi connectivity index (χ4v) is 2.70. The van der Waals surface area contributed by atoms with Crippen LogP contribution in [0.5, 0.6) is 0 Å². The van der Waals surface area contributed by atoms with Gasteiger partial charge in [-0.15, -0.1) is 0 Å². The monoisotopic (exact) mass is 345 g/mol. The molecule has 0 atom stereocenters. The van der Waals surface area contributed by atoms with E-state index in [2.05, 4.69) is 25.9 Å². The van der Waals surface area contributed by atoms with E-state index in [1.807, 2.05) is 27.9 Å². The maximum atomic E-state index is 12.9. The highest BCUT2D eigenvalue weighted by Gasteiger charge is 2.38. The molecule has 0 saturated carbocycles. The quantitative estimate of drug-likeness (QED) is 0.679. The summed E-state index contributed by atoms with van der Waals surface area (Å²) in [4.78, 5) is 14.9. The highest BCUT2D eigenvalue weighted by molar-refractivity contribution is 9.10. The first-order valence-corrected chi connectivity index (χ1v) is 7.67. The molecule has 0 unspecified atom stereocenters. The van der Waals surface area contributed by atoms with Crippen LogP contribution in [-0.2, 0) is 11.3 Å². The van der Waals surface area contributed by atoms with E-state index < -0.39 is 5.60 Å². The normalized spacial score (nSPS) is 12.2. The number of halogens is 1. The Morgan fingerprint density at radius 2 is 2.05 bits per heavy atom. The standard InChI is InChI=1S/C14H24BrN3O2/c1-6-14(7-2,20-5)13(19)12-11(15)10-16-18(12)9-8-17(3)4/h10H,6-9H2,1-5H3. The fraction of sp³-hybridized carbons (Fsp3) is 0.714. The zero-order valence-electron chi connectivity index (χ0n) is 12.9. The predicted molar refractivity (Wildman–Crippen MR) is 83.1 cm³/mol. The number of ketones is 1. The summed E-state index contributed by atoms with van der Waals surface area (Å²) in [5.41, 5.74) is -0.171. The van der Waals surface area contributed by atoms with Crippen LogP contribution in [0.3, 0.4) is 0 Å². The first-order chi connectivity index (χ1) is 9.41. The van der Waals surface area contributed by atoms with Crippen molar-refractivity contribution in [1.29, 1.82) is 0 Å². The van der Waals surface area contributed by atoms with Crippen LogP contribution < -0.4 is 0 Å². The van der Waals surface area contributed by atoms with Crippen molar-refractivity contribution in [1.82, 2.24) is 14.7 Å². The number of ether oxygens (including phenoxy) is 1. The van der Waals surface area contributed by atoms with E-state index in [1.54, 1.807) is 18.0 Å². The van der Waals surface area contributed by atoms with E-state index in [4.69, 9.17) is 4.74 Å². The number of aromatic nitrogens is 2. The van der Waals surface area contributed by atoms with Crippen LogP contribution in [0.15, 0.2) is 10.7 Å². The van der Waals surface area contributed by atoms with E-state index >= 15 is 0 Å². The summed E-state index contributed by atoms with van der Waals surface area (Å²) < 4.78 is 8.02. The van der Waals surface area contributed by atoms with Crippen molar-refractivity contribution < 1.29 is 9.53 Å². The molecule has 0 aliphatic rings. The first kappa shape index (κ1) is 17.3. The molecule has 0 saturated heterocycles. The molecule has 1 aromatic heterocycles. The van der Waals surface area contributed by atoms with Gasteiger partial charge >= 0.3 is 0 Å². The van der Waals surface area contributed by atoms with Crippen molar-refractivity contribution >= 4 is 21.7 Å². The zero-order valence-corrected chi connectivity index (χ0v) is 14.5. The zero-order chi connectivity index (χ0) is 15.3. The average molecular weight is 346 g/mol. The molecule has 0 N–H and O–H groups in total. The SMILES string of the molecule is CCC(CC)(OC)C(=O)c1c(Br)cnn1CCN(C)C. The van der Waals surface area contributed by atoms with Gasteiger partial charge in [-0.05, 0) is 42.9 Å². The summed E-state index contributed by atoms with van der Waals surface area (Å²) in [7, 11) is 5.59. The van der Waals surface area contributed by atoms with Crippen LogP contribution in [0.25, 0.3) is 0 Å². The Morgan fingerprint density at radius 1 is 1.45 bits per heavy atom. The number of carbonyl (C=O) groups is 1. The number of likely N-dealkylation sites (N-methyl/N-ethyl adjacent to an activating group) is 1. The Kier molecular flexibility index (Phi) is 6.36. The fourth-order valence-electron chi connectivity index (χ4n) is 2.22. The van der Waals surface area contributed by atoms with Crippen LogP contribution >= 0.6 is 15.9 Å². The second-order valence-corrected chi connectivity index (χ2v) is 5.96. The molecular formula is C14H24BrN3O2. The van der Waals surface area contributed by atoms with Crippen molar-refractivity contribution in [2.75, 3.05) is 27.7 Å². The molecule has 5 nitrogen and oxygen atoms in total. The van der Waals surface area contributed by atoms with Crippen molar-refractivity contribution in [3.63, 3.8) is 0 Å². The lowest BCUT2D eigenvalue weighted by molar-refractivity contribution is -0.00354. The van der Waals surface area contributed by atoms with Crippen molar-refractivity contribution in [2.45, 2.75) is 38.8 Å². The third-order valence-electron chi connectivity index (χ3n) is 3.72. The van der Waals surface area contributed by atoms with E-state index in [1.165, 1.54) is 0 Å². The average Bonchev–Trinajstić information content (AvgIpc) is 2.79. The van der Waals surface area contributed by atoms with E-state index in [0.29, 0.717) is 25.1 Å². The maximum Gasteiger partial charge on any atom is 0.213 e. The number of methoxy groups -OCH3 is 1. The van der Waals surface area contributed by atoms with Crippen molar-refractivity contribution in [2.24, 2.45) is 0 Å². The lowest BCUT2D eigenvalue weighted by Gasteiger charge is -2.28. The largest absolute Gasteiger partial charge is 0.370 e. The minimum absolute atomic E-state index is 0.00636. The Morgan fingerprint density at radius 3 is 2.50 bits per heavy atom. The number of rotatable bonds is 8. The minimum atomic E-state index is -0.765. The van der Waals surface area contributed by atoms with Gasteiger partial charge in [0, 0.05) is 13.7 Å². The molecule has 1 rings (SSSR count). The van der Waals surface area contributed by atoms with Gasteiger partial charge in [0.15, 0.2) is 0 Å². The van der Waals surface area contributed by atoms with Gasteiger partial charge in [0.1, 0.15) is 11.3 Å². The molecule has 0 aromatic carbocycles. The van der Waals surface area contributed by atoms with Gasteiger partial charge in [0.2, 0.25) is 5.78 Å². The molecule has 0 aliphatic carbocycles. The van der Waals surface area contributed by atoms with E-state index in [9.17, 15) is 4.79 Å². The van der Waals surface area contributed by atoms with Crippen LogP contribution in [0.1, 0.15) is 37.2 Å². The van der Waals surface area contributed by atoms with Gasteiger partial charge in [0.05, 0.1) is 17.2 Å². The topological polar surface area (TPSA) is 47.4 Å². The van der Waals surface area contributed by atoms with E-state index in [0.717, 1.165) is 11.0 Å². The number of hydrogen-bond acceptors (Lipinski definition) is 4. The second-order valence-electron chi connectivity index (χ2n) is 5.10. The molecule has 114 valence electrons. The predicted octanol–water partition coefficient (Wildman–Crippen LogP) is 2.60. The van der Waals surface area contributed by atoms with Crippen LogP contribution in [-0.4, -0.2) is 53.8 Å². The van der Waals surface area contributed by atoms with Crippen molar-refractivity contribution in [3.05, 3.63) is 16.4 Å². The number of carbonyl (C=O) groups excluding carboxylic acids is 1. The Bertz CT molecular complexity index is 445. The Labute approximate surface area is 129 Å². The molecule has 6 heteroatoms. The maximum absolute atomic E-state index is 12.9. The molecule has 1 heterocycles. The molecule has 0 bridgehead atoms. The van der Waals surface area contributed by atoms with Crippen LogP contribution in [0, 0.1) is 0 Å². The summed E-state index contributed by atoms with van der Waals surface area (Å²) in [5, 5.41) is 4.29. The molecule has 0 aliphatic heterocycles. The molecule has 1 aromatic rings. The summed E-state index contributed by atoms with van der Waals surface area (Å²) in [6, 6.07) is 0. The van der Waals surface area contributed by atoms with Crippen molar-refractivity contribution in [3.8, 4) is 0 Å². The summed E-state index contributed by atoms with van der Waals surface area (Å²) >= 11 is 3.43. The highest BCUT2D eigenvalue weighted by Crippen LogP contribution is 2.28. The molecule has 20 heavy (non-hydrogen) atoms. The van der Waals surface area contributed by atoms with Crippen LogP contribution in [0.4, 0.5) is 0 Å². The van der Waals surface area contributed by atoms with E-state index in [-0.39, 0.29) is 5.78 Å². The third kappa shape index (κ3) is 3.48. The smallest absolute Gasteiger partial charge is 0.213 e. The van der Waals surface area contributed by atoms with Gasteiger partial charge in [0.25, 0.3) is 0 Å². The lowest BCUT2D eigenvalue weighted by Crippen LogP contribution is -2.41. The van der Waals surface area contributed by atoms with Gasteiger partial charge in [-0.25, -0.2) is 0 Å². The first-order valence-electron chi connectivity index (χ1n) is 6.87. The second kappa shape index (κ2) is 7.33. The van der Waals surface area contributed by atoms with Crippen LogP contribution in [0.2, 0.25) is 0 Å². The summed E-state index contributed by atoms with van der Waals surface area (Å²) in [5.74, 6) is -0.00636. The van der Waals surface area contributed by atoms with Gasteiger partial charge in [-0.3, -0.25) is 9.48 Å². The molecule has 0 spiro atoms. The lowest BCUT2D eigenvalue weighted by atomic mass is 9.90.